The van der Waals surface area contributed by atoms with Crippen molar-refractivity contribution in [1.29, 1.82) is 0 Å². The molecule has 0 atom stereocenters. The smallest absolute Gasteiger partial charge is 0.261 e. The maximum Gasteiger partial charge on any atom is 0.261 e. The molecular formula is C18H20N2O3S. The summed E-state index contributed by atoms with van der Waals surface area (Å²) in [4.78, 5) is 12.0. The van der Waals surface area contributed by atoms with E-state index in [4.69, 9.17) is 0 Å². The highest BCUT2D eigenvalue weighted by Gasteiger charge is 2.16. The standard InChI is InChI=1S/C18H20N2O3S/c1-3-12-19-18(21)15-6-5-7-17(13-15)24(22,23)20-16-10-8-14(4-2)9-11-16/h3,5-11,13,20H,1,4,12H2,2H3,(H,19,21). The molecule has 0 aliphatic rings. The van der Waals surface area contributed by atoms with Crippen LogP contribution < -0.4 is 10.0 Å². The molecule has 6 heteroatoms. The van der Waals surface area contributed by atoms with Gasteiger partial charge in [0.2, 0.25) is 0 Å². The van der Waals surface area contributed by atoms with E-state index < -0.39 is 10.0 Å². The van der Waals surface area contributed by atoms with Crippen LogP contribution in [-0.2, 0) is 16.4 Å². The van der Waals surface area contributed by atoms with Gasteiger partial charge in [-0.25, -0.2) is 8.42 Å². The Balaban J connectivity index is 2.22. The number of hydrogen-bond acceptors (Lipinski definition) is 3. The third kappa shape index (κ3) is 4.45. The molecule has 2 rings (SSSR count). The number of carbonyl (C=O) groups excluding carboxylic acids is 1. The molecule has 0 aliphatic carbocycles. The van der Waals surface area contributed by atoms with Crippen LogP contribution in [0.15, 0.2) is 66.1 Å². The number of sulfonamides is 1. The molecule has 1 amide bonds. The summed E-state index contributed by atoms with van der Waals surface area (Å²) in [7, 11) is -3.76. The minimum Gasteiger partial charge on any atom is -0.349 e. The second kappa shape index (κ2) is 7.79. The van der Waals surface area contributed by atoms with Crippen molar-refractivity contribution in [2.45, 2.75) is 18.2 Å². The predicted molar refractivity (Wildman–Crippen MR) is 95.6 cm³/mol. The van der Waals surface area contributed by atoms with E-state index in [1.807, 2.05) is 19.1 Å². The lowest BCUT2D eigenvalue weighted by Gasteiger charge is -2.10. The molecule has 0 aliphatic heterocycles. The Bertz CT molecular complexity index is 828. The Kier molecular flexibility index (Phi) is 5.76. The van der Waals surface area contributed by atoms with Gasteiger partial charge in [-0.1, -0.05) is 31.2 Å². The second-order valence-electron chi connectivity index (χ2n) is 5.18. The van der Waals surface area contributed by atoms with Gasteiger partial charge in [0.25, 0.3) is 15.9 Å². The van der Waals surface area contributed by atoms with Crippen molar-refractivity contribution in [3.05, 3.63) is 72.3 Å². The zero-order valence-corrected chi connectivity index (χ0v) is 14.3. The van der Waals surface area contributed by atoms with Gasteiger partial charge in [-0.15, -0.1) is 6.58 Å². The van der Waals surface area contributed by atoms with Crippen molar-refractivity contribution in [3.63, 3.8) is 0 Å². The van der Waals surface area contributed by atoms with Crippen LogP contribution in [0.2, 0.25) is 0 Å². The van der Waals surface area contributed by atoms with Crippen LogP contribution in [-0.4, -0.2) is 20.9 Å². The SMILES string of the molecule is C=CCNC(=O)c1cccc(S(=O)(=O)Nc2ccc(CC)cc2)c1. The molecule has 0 fully saturated rings. The summed E-state index contributed by atoms with van der Waals surface area (Å²) in [6.07, 6.45) is 2.44. The van der Waals surface area contributed by atoms with E-state index in [0.29, 0.717) is 12.2 Å². The molecule has 24 heavy (non-hydrogen) atoms. The Morgan fingerprint density at radius 1 is 1.17 bits per heavy atom. The van der Waals surface area contributed by atoms with Crippen molar-refractivity contribution in [1.82, 2.24) is 5.32 Å². The summed E-state index contributed by atoms with van der Waals surface area (Å²) in [5, 5.41) is 2.62. The first-order valence-electron chi connectivity index (χ1n) is 7.57. The summed E-state index contributed by atoms with van der Waals surface area (Å²) < 4.78 is 27.5. The highest BCUT2D eigenvalue weighted by atomic mass is 32.2. The Labute approximate surface area is 142 Å². The fraction of sp³-hybridized carbons (Fsp3) is 0.167. The average Bonchev–Trinajstić information content (AvgIpc) is 2.60. The first-order chi connectivity index (χ1) is 11.5. The maximum absolute atomic E-state index is 12.5. The van der Waals surface area contributed by atoms with E-state index in [-0.39, 0.29) is 16.4 Å². The highest BCUT2D eigenvalue weighted by molar-refractivity contribution is 7.92. The number of carbonyl (C=O) groups is 1. The molecule has 5 nitrogen and oxygen atoms in total. The topological polar surface area (TPSA) is 75.3 Å². The lowest BCUT2D eigenvalue weighted by Crippen LogP contribution is -2.23. The number of benzene rings is 2. The average molecular weight is 344 g/mol. The predicted octanol–water partition coefficient (Wildman–Crippen LogP) is 2.97. The Hall–Kier alpha value is -2.60. The van der Waals surface area contributed by atoms with Crippen LogP contribution >= 0.6 is 0 Å². The molecule has 0 bridgehead atoms. The van der Waals surface area contributed by atoms with Gasteiger partial charge in [-0.3, -0.25) is 9.52 Å². The summed E-state index contributed by atoms with van der Waals surface area (Å²) in [5.41, 5.74) is 1.88. The molecule has 126 valence electrons. The van der Waals surface area contributed by atoms with Gasteiger partial charge in [0, 0.05) is 17.8 Å². The first kappa shape index (κ1) is 17.7. The monoisotopic (exact) mass is 344 g/mol. The van der Waals surface area contributed by atoms with Crippen LogP contribution in [0.1, 0.15) is 22.8 Å². The molecule has 0 saturated carbocycles. The molecule has 0 heterocycles. The number of aryl methyl sites for hydroxylation is 1. The lowest BCUT2D eigenvalue weighted by atomic mass is 10.2. The number of anilines is 1. The summed E-state index contributed by atoms with van der Waals surface area (Å²) in [6, 6.07) is 13.1. The largest absolute Gasteiger partial charge is 0.349 e. The molecule has 0 radical (unpaired) electrons. The van der Waals surface area contributed by atoms with Gasteiger partial charge in [0.15, 0.2) is 0 Å². The molecule has 0 saturated heterocycles. The van der Waals surface area contributed by atoms with E-state index in [2.05, 4.69) is 16.6 Å². The van der Waals surface area contributed by atoms with E-state index >= 15 is 0 Å². The molecule has 2 aromatic rings. The number of hydrogen-bond donors (Lipinski definition) is 2. The fourth-order valence-electron chi connectivity index (χ4n) is 2.09. The van der Waals surface area contributed by atoms with E-state index in [1.54, 1.807) is 24.3 Å². The van der Waals surface area contributed by atoms with Crippen molar-refractivity contribution >= 4 is 21.6 Å². The van der Waals surface area contributed by atoms with Gasteiger partial charge in [0.05, 0.1) is 4.90 Å². The van der Waals surface area contributed by atoms with Crippen LogP contribution in [0.5, 0.6) is 0 Å². The normalized spacial score (nSPS) is 10.9. The highest BCUT2D eigenvalue weighted by Crippen LogP contribution is 2.18. The minimum atomic E-state index is -3.76. The Morgan fingerprint density at radius 2 is 1.88 bits per heavy atom. The molecule has 0 unspecified atom stereocenters. The quantitative estimate of drug-likeness (QED) is 0.758. The zero-order chi connectivity index (χ0) is 17.6. The fourth-order valence-corrected chi connectivity index (χ4v) is 3.20. The molecule has 2 N–H and O–H groups in total. The van der Waals surface area contributed by atoms with E-state index in [1.165, 1.54) is 18.2 Å². The summed E-state index contributed by atoms with van der Waals surface area (Å²) in [5.74, 6) is -0.348. The van der Waals surface area contributed by atoms with Gasteiger partial charge >= 0.3 is 0 Å². The number of amides is 1. The van der Waals surface area contributed by atoms with Crippen LogP contribution in [0.4, 0.5) is 5.69 Å². The number of nitrogens with one attached hydrogen (secondary N) is 2. The lowest BCUT2D eigenvalue weighted by molar-refractivity contribution is 0.0958. The third-order valence-electron chi connectivity index (χ3n) is 3.43. The van der Waals surface area contributed by atoms with Crippen molar-refractivity contribution < 1.29 is 13.2 Å². The first-order valence-corrected chi connectivity index (χ1v) is 9.05. The third-order valence-corrected chi connectivity index (χ3v) is 4.81. The zero-order valence-electron chi connectivity index (χ0n) is 13.5. The van der Waals surface area contributed by atoms with Gasteiger partial charge < -0.3 is 5.32 Å². The van der Waals surface area contributed by atoms with E-state index in [9.17, 15) is 13.2 Å². The Morgan fingerprint density at radius 3 is 2.50 bits per heavy atom. The maximum atomic E-state index is 12.5. The van der Waals surface area contributed by atoms with Crippen LogP contribution in [0, 0.1) is 0 Å². The van der Waals surface area contributed by atoms with Crippen molar-refractivity contribution in [2.75, 3.05) is 11.3 Å². The number of rotatable bonds is 7. The van der Waals surface area contributed by atoms with E-state index in [0.717, 1.165) is 12.0 Å². The van der Waals surface area contributed by atoms with Crippen LogP contribution in [0.3, 0.4) is 0 Å². The molecular weight excluding hydrogens is 324 g/mol. The minimum absolute atomic E-state index is 0.0355. The molecule has 2 aromatic carbocycles. The molecule has 0 aromatic heterocycles. The van der Waals surface area contributed by atoms with Crippen LogP contribution in [0.25, 0.3) is 0 Å². The second-order valence-corrected chi connectivity index (χ2v) is 6.86. The van der Waals surface area contributed by atoms with Gasteiger partial charge in [-0.05, 0) is 42.3 Å². The molecule has 0 spiro atoms. The van der Waals surface area contributed by atoms with Gasteiger partial charge in [0.1, 0.15) is 0 Å². The van der Waals surface area contributed by atoms with Crippen molar-refractivity contribution in [3.8, 4) is 0 Å². The summed E-state index contributed by atoms with van der Waals surface area (Å²) >= 11 is 0. The van der Waals surface area contributed by atoms with Gasteiger partial charge in [-0.2, -0.15) is 0 Å². The summed E-state index contributed by atoms with van der Waals surface area (Å²) in [6.45, 7) is 5.87. The van der Waals surface area contributed by atoms with Crippen molar-refractivity contribution in [2.24, 2.45) is 0 Å².